The fourth-order valence-electron chi connectivity index (χ4n) is 3.89. The highest BCUT2D eigenvalue weighted by molar-refractivity contribution is 6.07. The second-order valence-electron chi connectivity index (χ2n) is 6.12. The van der Waals surface area contributed by atoms with Gasteiger partial charge in [-0.15, -0.1) is 0 Å². The monoisotopic (exact) mass is 301 g/mol. The third-order valence-corrected chi connectivity index (χ3v) is 4.93. The Bertz CT molecular complexity index is 727. The number of hydrogen-bond acceptors (Lipinski definition) is 3. The van der Waals surface area contributed by atoms with E-state index in [9.17, 15) is 14.0 Å². The minimum atomic E-state index is -1.14. The SMILES string of the molecule is CCN1C(=O)C2(CC3CC(=O)C=C3CO2)c2cc(F)ccc21. The summed E-state index contributed by atoms with van der Waals surface area (Å²) >= 11 is 0. The predicted molar refractivity (Wildman–Crippen MR) is 77.9 cm³/mol. The number of ether oxygens (including phenoxy) is 1. The third kappa shape index (κ3) is 1.66. The fourth-order valence-corrected chi connectivity index (χ4v) is 3.89. The topological polar surface area (TPSA) is 46.6 Å². The zero-order chi connectivity index (χ0) is 15.5. The Balaban J connectivity index is 1.82. The summed E-state index contributed by atoms with van der Waals surface area (Å²) in [6.45, 7) is 2.65. The van der Waals surface area contributed by atoms with Gasteiger partial charge in [-0.25, -0.2) is 4.39 Å². The number of rotatable bonds is 1. The molecule has 0 radical (unpaired) electrons. The zero-order valence-corrected chi connectivity index (χ0v) is 12.3. The molecule has 4 rings (SSSR count). The van der Waals surface area contributed by atoms with Gasteiger partial charge in [0.1, 0.15) is 5.82 Å². The molecule has 0 saturated carbocycles. The second-order valence-corrected chi connectivity index (χ2v) is 6.12. The van der Waals surface area contributed by atoms with Crippen molar-refractivity contribution in [1.82, 2.24) is 0 Å². The van der Waals surface area contributed by atoms with Gasteiger partial charge in [0, 0.05) is 18.5 Å². The van der Waals surface area contributed by atoms with Crippen LogP contribution in [0.25, 0.3) is 0 Å². The van der Waals surface area contributed by atoms with Crippen LogP contribution in [-0.4, -0.2) is 24.8 Å². The van der Waals surface area contributed by atoms with Crippen LogP contribution in [0.15, 0.2) is 29.8 Å². The van der Waals surface area contributed by atoms with Crippen LogP contribution in [0.5, 0.6) is 0 Å². The van der Waals surface area contributed by atoms with E-state index in [1.54, 1.807) is 17.0 Å². The summed E-state index contributed by atoms with van der Waals surface area (Å²) in [6, 6.07) is 4.39. The Morgan fingerprint density at radius 3 is 3.00 bits per heavy atom. The zero-order valence-electron chi connectivity index (χ0n) is 12.3. The van der Waals surface area contributed by atoms with Gasteiger partial charge in [0.2, 0.25) is 0 Å². The summed E-state index contributed by atoms with van der Waals surface area (Å²) in [6.07, 6.45) is 2.46. The van der Waals surface area contributed by atoms with Gasteiger partial charge in [0.05, 0.1) is 12.3 Å². The van der Waals surface area contributed by atoms with E-state index in [0.29, 0.717) is 30.6 Å². The van der Waals surface area contributed by atoms with Crippen LogP contribution < -0.4 is 4.90 Å². The average molecular weight is 301 g/mol. The van der Waals surface area contributed by atoms with Gasteiger partial charge in [0.25, 0.3) is 5.91 Å². The molecule has 114 valence electrons. The maximum absolute atomic E-state index is 13.7. The highest BCUT2D eigenvalue weighted by atomic mass is 19.1. The summed E-state index contributed by atoms with van der Waals surface area (Å²) < 4.78 is 19.7. The van der Waals surface area contributed by atoms with Crippen molar-refractivity contribution in [3.8, 4) is 0 Å². The van der Waals surface area contributed by atoms with E-state index in [4.69, 9.17) is 4.74 Å². The Morgan fingerprint density at radius 2 is 2.23 bits per heavy atom. The van der Waals surface area contributed by atoms with Crippen LogP contribution in [-0.2, 0) is 19.9 Å². The summed E-state index contributed by atoms with van der Waals surface area (Å²) in [7, 11) is 0. The number of fused-ring (bicyclic) bond motifs is 3. The lowest BCUT2D eigenvalue weighted by Gasteiger charge is -2.37. The molecule has 2 atom stereocenters. The molecule has 1 fully saturated rings. The van der Waals surface area contributed by atoms with Crippen molar-refractivity contribution in [3.63, 3.8) is 0 Å². The number of likely N-dealkylation sites (N-methyl/N-ethyl adjacent to an activating group) is 1. The Hall–Kier alpha value is -2.01. The molecule has 2 aliphatic heterocycles. The molecule has 1 aromatic carbocycles. The second kappa shape index (κ2) is 4.49. The van der Waals surface area contributed by atoms with Gasteiger partial charge in [-0.1, -0.05) is 0 Å². The first-order valence-electron chi connectivity index (χ1n) is 7.54. The lowest BCUT2D eigenvalue weighted by atomic mass is 9.80. The van der Waals surface area contributed by atoms with E-state index >= 15 is 0 Å². The van der Waals surface area contributed by atoms with E-state index in [1.807, 2.05) is 6.92 Å². The number of halogens is 1. The van der Waals surface area contributed by atoms with Gasteiger partial charge >= 0.3 is 0 Å². The average Bonchev–Trinajstić information content (AvgIpc) is 2.96. The lowest BCUT2D eigenvalue weighted by Crippen LogP contribution is -2.46. The molecule has 22 heavy (non-hydrogen) atoms. The number of benzene rings is 1. The van der Waals surface area contributed by atoms with Crippen LogP contribution in [0.3, 0.4) is 0 Å². The van der Waals surface area contributed by atoms with Crippen LogP contribution in [0.4, 0.5) is 10.1 Å². The molecule has 1 aromatic rings. The number of carbonyl (C=O) groups is 2. The highest BCUT2D eigenvalue weighted by Crippen LogP contribution is 2.51. The number of nitrogens with zero attached hydrogens (tertiary/aromatic N) is 1. The molecule has 1 spiro atoms. The first-order chi connectivity index (χ1) is 10.5. The fraction of sp³-hybridized carbons (Fsp3) is 0.412. The molecule has 1 amide bonds. The Kier molecular flexibility index (Phi) is 2.78. The minimum Gasteiger partial charge on any atom is -0.356 e. The number of amides is 1. The number of ketones is 1. The third-order valence-electron chi connectivity index (χ3n) is 4.93. The Labute approximate surface area is 127 Å². The number of carbonyl (C=O) groups excluding carboxylic acids is 2. The predicted octanol–water partition coefficient (Wildman–Crippen LogP) is 2.32. The molecule has 4 nitrogen and oxygen atoms in total. The van der Waals surface area contributed by atoms with Gasteiger partial charge < -0.3 is 9.64 Å². The summed E-state index contributed by atoms with van der Waals surface area (Å²) in [5, 5.41) is 0. The van der Waals surface area contributed by atoms with Gasteiger partial charge in [0.15, 0.2) is 11.4 Å². The quantitative estimate of drug-likeness (QED) is 0.800. The lowest BCUT2D eigenvalue weighted by molar-refractivity contribution is -0.149. The van der Waals surface area contributed by atoms with E-state index in [1.165, 1.54) is 12.1 Å². The van der Waals surface area contributed by atoms with Crippen molar-refractivity contribution >= 4 is 17.4 Å². The van der Waals surface area contributed by atoms with E-state index in [0.717, 1.165) is 5.57 Å². The van der Waals surface area contributed by atoms with Crippen LogP contribution in [0.1, 0.15) is 25.3 Å². The molecule has 1 saturated heterocycles. The molecule has 0 bridgehead atoms. The molecule has 0 N–H and O–H groups in total. The first-order valence-corrected chi connectivity index (χ1v) is 7.54. The smallest absolute Gasteiger partial charge is 0.263 e. The van der Waals surface area contributed by atoms with Crippen LogP contribution in [0, 0.1) is 11.7 Å². The van der Waals surface area contributed by atoms with Gasteiger partial charge in [-0.2, -0.15) is 0 Å². The number of anilines is 1. The van der Waals surface area contributed by atoms with Crippen molar-refractivity contribution < 1.29 is 18.7 Å². The van der Waals surface area contributed by atoms with Crippen LogP contribution >= 0.6 is 0 Å². The van der Waals surface area contributed by atoms with Gasteiger partial charge in [-0.05, 0) is 49.1 Å². The van der Waals surface area contributed by atoms with E-state index in [2.05, 4.69) is 0 Å². The molecule has 0 aromatic heterocycles. The number of allylic oxidation sites excluding steroid dienone is 1. The molecular weight excluding hydrogens is 285 g/mol. The van der Waals surface area contributed by atoms with Crippen LogP contribution in [0.2, 0.25) is 0 Å². The molecule has 2 heterocycles. The minimum absolute atomic E-state index is 0.0260. The largest absolute Gasteiger partial charge is 0.356 e. The maximum Gasteiger partial charge on any atom is 0.263 e. The first kappa shape index (κ1) is 13.6. The van der Waals surface area contributed by atoms with E-state index < -0.39 is 5.60 Å². The molecule has 1 aliphatic carbocycles. The van der Waals surface area contributed by atoms with Crippen molar-refractivity contribution in [2.24, 2.45) is 5.92 Å². The van der Waals surface area contributed by atoms with E-state index in [-0.39, 0.29) is 30.0 Å². The van der Waals surface area contributed by atoms with Crippen molar-refractivity contribution in [2.45, 2.75) is 25.4 Å². The Morgan fingerprint density at radius 1 is 1.41 bits per heavy atom. The summed E-state index contributed by atoms with van der Waals surface area (Å²) in [5.41, 5.74) is 1.12. The standard InChI is InChI=1S/C17H16FNO3/c1-2-19-15-4-3-12(18)7-14(15)17(16(19)21)8-10-5-13(20)6-11(10)9-22-17/h3-4,6-7,10H,2,5,8-9H2,1H3. The molecule has 3 aliphatic rings. The van der Waals surface area contributed by atoms with Crippen molar-refractivity contribution in [1.29, 1.82) is 0 Å². The normalized spacial score (nSPS) is 29.8. The van der Waals surface area contributed by atoms with Gasteiger partial charge in [-0.3, -0.25) is 9.59 Å². The van der Waals surface area contributed by atoms with Crippen molar-refractivity contribution in [3.05, 3.63) is 41.2 Å². The number of hydrogen-bond donors (Lipinski definition) is 0. The summed E-state index contributed by atoms with van der Waals surface area (Å²) in [5.74, 6) is -0.415. The molecule has 5 heteroatoms. The molecule has 2 unspecified atom stereocenters. The maximum atomic E-state index is 13.7. The highest BCUT2D eigenvalue weighted by Gasteiger charge is 2.55. The van der Waals surface area contributed by atoms with Crippen molar-refractivity contribution in [2.75, 3.05) is 18.1 Å². The molecular formula is C17H16FNO3. The summed E-state index contributed by atoms with van der Waals surface area (Å²) in [4.78, 5) is 26.2.